The van der Waals surface area contributed by atoms with E-state index in [4.69, 9.17) is 25.8 Å². The standard InChI is InChI=1S/C29H53ClN8O5/c1-36-6-8-38(9-7-36)29-34-24(10-26(35-29)33-20-15-41-16-20)28(40)32-11-21(39)14-37-5-4-23-19(13-37)2-3-25(27(23)30)42-17-22-12-31-18-43-22/h19-27,29,31,33-35,39H,2-18H2,1H3,(H,32,40)/t19?,21-,22?,23?,24?,25?,26?,27?,29?/m0/s1. The fraction of sp³-hybridized carbons (Fsp3) is 0.966. The molecule has 6 N–H and O–H groups in total. The molecule has 6 aliphatic rings. The molecule has 6 fully saturated rings. The van der Waals surface area contributed by atoms with E-state index in [1.165, 1.54) is 0 Å². The van der Waals surface area contributed by atoms with Gasteiger partial charge in [-0.1, -0.05) is 0 Å². The van der Waals surface area contributed by atoms with Crippen LogP contribution in [0.15, 0.2) is 0 Å². The number of amides is 1. The van der Waals surface area contributed by atoms with Crippen LogP contribution in [0.1, 0.15) is 25.7 Å². The Balaban J connectivity index is 0.934. The normalized spacial score (nSPS) is 39.2. The average Bonchev–Trinajstić information content (AvgIpc) is 3.51. The first-order valence-corrected chi connectivity index (χ1v) is 16.9. The molecule has 1 saturated carbocycles. The van der Waals surface area contributed by atoms with Crippen molar-refractivity contribution in [1.29, 1.82) is 0 Å². The van der Waals surface area contributed by atoms with Gasteiger partial charge in [0.15, 0.2) is 0 Å². The van der Waals surface area contributed by atoms with Crippen LogP contribution in [-0.4, -0.2) is 166 Å². The Labute approximate surface area is 261 Å². The Morgan fingerprint density at radius 2 is 1.98 bits per heavy atom. The van der Waals surface area contributed by atoms with Crippen molar-refractivity contribution in [3.63, 3.8) is 0 Å². The fourth-order valence-electron chi connectivity index (χ4n) is 7.51. The zero-order valence-corrected chi connectivity index (χ0v) is 26.4. The first kappa shape index (κ1) is 32.3. The number of likely N-dealkylation sites (N-methyl/N-ethyl adjacent to an activating group) is 1. The smallest absolute Gasteiger partial charge is 0.237 e. The van der Waals surface area contributed by atoms with Gasteiger partial charge in [0.1, 0.15) is 6.29 Å². The number of aliphatic hydroxyl groups excluding tert-OH is 1. The van der Waals surface area contributed by atoms with Gasteiger partial charge in [-0.25, -0.2) is 0 Å². The number of hydrogen-bond acceptors (Lipinski definition) is 12. The minimum absolute atomic E-state index is 0.0149. The summed E-state index contributed by atoms with van der Waals surface area (Å²) in [4.78, 5) is 20.4. The molecule has 1 aliphatic carbocycles. The molecule has 14 heteroatoms. The molecule has 6 rings (SSSR count). The molecule has 13 nitrogen and oxygen atoms in total. The lowest BCUT2D eigenvalue weighted by Gasteiger charge is -2.46. The summed E-state index contributed by atoms with van der Waals surface area (Å²) in [5, 5.41) is 28.0. The number of fused-ring (bicyclic) bond motifs is 1. The summed E-state index contributed by atoms with van der Waals surface area (Å²) in [7, 11) is 2.14. The van der Waals surface area contributed by atoms with E-state index >= 15 is 0 Å². The Kier molecular flexibility index (Phi) is 11.5. The second kappa shape index (κ2) is 15.3. The third-order valence-corrected chi connectivity index (χ3v) is 10.8. The molecule has 0 bridgehead atoms. The average molecular weight is 629 g/mol. The van der Waals surface area contributed by atoms with E-state index in [9.17, 15) is 9.90 Å². The number of carbonyl (C=O) groups is 1. The van der Waals surface area contributed by atoms with Crippen molar-refractivity contribution in [2.45, 2.75) is 73.9 Å². The van der Waals surface area contributed by atoms with Crippen LogP contribution in [0.4, 0.5) is 0 Å². The van der Waals surface area contributed by atoms with Crippen LogP contribution in [0.3, 0.4) is 0 Å². The number of piperazine rings is 1. The highest BCUT2D eigenvalue weighted by atomic mass is 35.5. The first-order valence-electron chi connectivity index (χ1n) is 16.5. The van der Waals surface area contributed by atoms with Gasteiger partial charge in [-0.3, -0.25) is 31.0 Å². The number of aliphatic hydroxyl groups is 1. The van der Waals surface area contributed by atoms with Gasteiger partial charge in [-0.15, -0.1) is 11.6 Å². The third-order valence-electron chi connectivity index (χ3n) is 10.2. The number of nitrogens with one attached hydrogen (secondary N) is 5. The summed E-state index contributed by atoms with van der Waals surface area (Å²) >= 11 is 6.95. The zero-order valence-electron chi connectivity index (χ0n) is 25.6. The third kappa shape index (κ3) is 8.57. The van der Waals surface area contributed by atoms with Crippen LogP contribution in [0.2, 0.25) is 0 Å². The summed E-state index contributed by atoms with van der Waals surface area (Å²) < 4.78 is 17.1. The largest absolute Gasteiger partial charge is 0.390 e. The van der Waals surface area contributed by atoms with Crippen LogP contribution >= 0.6 is 11.6 Å². The molecule has 43 heavy (non-hydrogen) atoms. The number of ether oxygens (including phenoxy) is 3. The lowest BCUT2D eigenvalue weighted by molar-refractivity contribution is -0.126. The summed E-state index contributed by atoms with van der Waals surface area (Å²) in [5.41, 5.74) is 0. The highest BCUT2D eigenvalue weighted by Gasteiger charge is 2.42. The van der Waals surface area contributed by atoms with Gasteiger partial charge >= 0.3 is 0 Å². The Morgan fingerprint density at radius 3 is 2.72 bits per heavy atom. The van der Waals surface area contributed by atoms with E-state index in [0.29, 0.717) is 57.4 Å². The van der Waals surface area contributed by atoms with Crippen molar-refractivity contribution in [2.75, 3.05) is 92.5 Å². The molecular weight excluding hydrogens is 576 g/mol. The molecule has 5 aliphatic heterocycles. The minimum atomic E-state index is -0.622. The van der Waals surface area contributed by atoms with Gasteiger partial charge in [0, 0.05) is 58.8 Å². The number of alkyl halides is 1. The second-order valence-corrected chi connectivity index (χ2v) is 14.0. The summed E-state index contributed by atoms with van der Waals surface area (Å²) in [6.07, 6.45) is 3.20. The minimum Gasteiger partial charge on any atom is -0.390 e. The molecule has 0 spiro atoms. The van der Waals surface area contributed by atoms with E-state index in [0.717, 1.165) is 65.1 Å². The molecule has 5 heterocycles. The number of piperidine rings is 1. The van der Waals surface area contributed by atoms with Crippen LogP contribution in [0, 0.1) is 11.8 Å². The number of hydrogen-bond donors (Lipinski definition) is 6. The predicted octanol–water partition coefficient (Wildman–Crippen LogP) is -2.07. The molecule has 8 unspecified atom stereocenters. The lowest BCUT2D eigenvalue weighted by Crippen LogP contribution is -2.73. The van der Waals surface area contributed by atoms with Crippen LogP contribution in [0.5, 0.6) is 0 Å². The van der Waals surface area contributed by atoms with Gasteiger partial charge in [-0.05, 0) is 44.7 Å². The number of halogens is 1. The van der Waals surface area contributed by atoms with Crippen molar-refractivity contribution in [2.24, 2.45) is 11.8 Å². The number of rotatable bonds is 11. The highest BCUT2D eigenvalue weighted by molar-refractivity contribution is 6.21. The molecule has 246 valence electrons. The van der Waals surface area contributed by atoms with Gasteiger partial charge in [0.25, 0.3) is 0 Å². The van der Waals surface area contributed by atoms with Gasteiger partial charge in [0.05, 0.1) is 68.5 Å². The molecule has 9 atom stereocenters. The number of nitrogens with zero attached hydrogens (tertiary/aromatic N) is 3. The second-order valence-electron chi connectivity index (χ2n) is 13.5. The molecule has 1 amide bonds. The summed E-state index contributed by atoms with van der Waals surface area (Å²) in [6, 6.07) is -0.0268. The fourth-order valence-corrected chi connectivity index (χ4v) is 8.04. The molecule has 5 saturated heterocycles. The predicted molar refractivity (Wildman–Crippen MR) is 162 cm³/mol. The zero-order chi connectivity index (χ0) is 29.8. The summed E-state index contributed by atoms with van der Waals surface area (Å²) in [5.74, 6) is 0.888. The lowest BCUT2D eigenvalue weighted by atomic mass is 9.73. The Bertz CT molecular complexity index is 893. The van der Waals surface area contributed by atoms with E-state index in [1.54, 1.807) is 0 Å². The number of carbonyl (C=O) groups excluding carboxylic acids is 1. The van der Waals surface area contributed by atoms with Gasteiger partial charge in [-0.2, -0.15) is 0 Å². The monoisotopic (exact) mass is 628 g/mol. The quantitative estimate of drug-likeness (QED) is 0.140. The summed E-state index contributed by atoms with van der Waals surface area (Å²) in [6.45, 7) is 9.97. The number of β-amino-alcohol motifs (C(OH)–C–C–N with tert-alkyl or cyclic N) is 1. The van der Waals surface area contributed by atoms with E-state index in [2.05, 4.69) is 48.3 Å². The van der Waals surface area contributed by atoms with Crippen molar-refractivity contribution < 1.29 is 24.1 Å². The van der Waals surface area contributed by atoms with Crippen LogP contribution < -0.4 is 26.6 Å². The maximum absolute atomic E-state index is 13.3. The first-order chi connectivity index (χ1) is 20.9. The van der Waals surface area contributed by atoms with Crippen molar-refractivity contribution >= 4 is 17.5 Å². The van der Waals surface area contributed by atoms with E-state index in [-0.39, 0.29) is 48.5 Å². The van der Waals surface area contributed by atoms with Gasteiger partial charge < -0.3 is 34.4 Å². The van der Waals surface area contributed by atoms with Crippen LogP contribution in [0.25, 0.3) is 0 Å². The SMILES string of the molecule is CN1CCN(C2NC(NC3COC3)CC(C(=O)NC[C@H](O)CN3CCC4C(CCC(OCC5CNCO5)C4Cl)C3)N2)CC1. The number of likely N-dealkylation sites (tertiary alicyclic amines) is 1. The van der Waals surface area contributed by atoms with Gasteiger partial charge in [0.2, 0.25) is 5.91 Å². The van der Waals surface area contributed by atoms with Crippen LogP contribution in [-0.2, 0) is 19.0 Å². The molecule has 0 radical (unpaired) electrons. The highest BCUT2D eigenvalue weighted by Crippen LogP contribution is 2.40. The molecule has 0 aromatic rings. The van der Waals surface area contributed by atoms with Crippen molar-refractivity contribution in [1.82, 2.24) is 41.3 Å². The topological polar surface area (TPSA) is 135 Å². The Morgan fingerprint density at radius 1 is 1.14 bits per heavy atom. The maximum atomic E-state index is 13.3. The maximum Gasteiger partial charge on any atom is 0.237 e. The molecule has 0 aromatic carbocycles. The molecule has 0 aromatic heterocycles. The van der Waals surface area contributed by atoms with E-state index < -0.39 is 6.10 Å². The van der Waals surface area contributed by atoms with E-state index in [1.807, 2.05) is 0 Å². The molecular formula is C29H53ClN8O5. The van der Waals surface area contributed by atoms with Crippen molar-refractivity contribution in [3.05, 3.63) is 0 Å². The van der Waals surface area contributed by atoms with Crippen molar-refractivity contribution in [3.8, 4) is 0 Å². The Hall–Kier alpha value is -0.680.